The van der Waals surface area contributed by atoms with Crippen molar-refractivity contribution in [3.63, 3.8) is 0 Å². The minimum Gasteiger partial charge on any atom is -0.391 e. The number of aliphatic hydroxyl groups is 1. The monoisotopic (exact) mass is 397 g/mol. The minimum atomic E-state index is -0.531. The van der Waals surface area contributed by atoms with Gasteiger partial charge in [-0.3, -0.25) is 9.59 Å². The molecule has 1 aromatic heterocycles. The maximum atomic E-state index is 13.2. The smallest absolute Gasteiger partial charge is 0.227 e. The van der Waals surface area contributed by atoms with Crippen molar-refractivity contribution >= 4 is 22.7 Å². The summed E-state index contributed by atoms with van der Waals surface area (Å²) in [6.45, 7) is 9.12. The van der Waals surface area contributed by atoms with Crippen molar-refractivity contribution in [1.82, 2.24) is 15.2 Å². The standard InChI is InChI=1S/C23H31N3O3/c1-12-5-6-13(2)23-22(12)18(14(3)24-23)9-21(29)26-10-16-7-19(25-15(4)27)20(28)8-17(16)11-26/h5-6,16-17,19-20,24,28H,7-11H2,1-4H3,(H,25,27)/t16-,17+,19-,20-/m1/s1. The van der Waals surface area contributed by atoms with Crippen LogP contribution in [0.25, 0.3) is 10.9 Å². The van der Waals surface area contributed by atoms with E-state index in [4.69, 9.17) is 0 Å². The summed E-state index contributed by atoms with van der Waals surface area (Å²) >= 11 is 0. The SMILES string of the molecule is CC(=O)N[C@@H]1C[C@@H]2CN(C(=O)Cc3c(C)[nH]c4c(C)ccc(C)c34)C[C@@H]2C[C@H]1O. The zero-order valence-corrected chi connectivity index (χ0v) is 17.7. The number of benzene rings is 1. The van der Waals surface area contributed by atoms with Gasteiger partial charge in [0.1, 0.15) is 0 Å². The van der Waals surface area contributed by atoms with Gasteiger partial charge < -0.3 is 20.3 Å². The van der Waals surface area contributed by atoms with Gasteiger partial charge >= 0.3 is 0 Å². The molecule has 29 heavy (non-hydrogen) atoms. The molecule has 6 heteroatoms. The molecular formula is C23H31N3O3. The van der Waals surface area contributed by atoms with E-state index in [1.54, 1.807) is 0 Å². The van der Waals surface area contributed by atoms with Crippen LogP contribution in [0.4, 0.5) is 0 Å². The van der Waals surface area contributed by atoms with Gasteiger partial charge in [-0.25, -0.2) is 0 Å². The molecule has 2 fully saturated rings. The van der Waals surface area contributed by atoms with Crippen LogP contribution in [0, 0.1) is 32.6 Å². The topological polar surface area (TPSA) is 85.4 Å². The van der Waals surface area contributed by atoms with Gasteiger partial charge in [0, 0.05) is 36.6 Å². The number of hydrogen-bond donors (Lipinski definition) is 3. The first-order chi connectivity index (χ1) is 13.7. The third kappa shape index (κ3) is 3.66. The summed E-state index contributed by atoms with van der Waals surface area (Å²) in [6, 6.07) is 4.03. The van der Waals surface area contributed by atoms with E-state index < -0.39 is 6.10 Å². The molecular weight excluding hydrogens is 366 g/mol. The van der Waals surface area contributed by atoms with Crippen LogP contribution in [0.1, 0.15) is 42.1 Å². The average Bonchev–Trinajstić information content (AvgIpc) is 3.20. The van der Waals surface area contributed by atoms with Gasteiger partial charge in [0.15, 0.2) is 0 Å². The van der Waals surface area contributed by atoms with Gasteiger partial charge in [0.05, 0.1) is 18.6 Å². The predicted octanol–water partition coefficient (Wildman–Crippen LogP) is 2.37. The number of nitrogens with zero attached hydrogens (tertiary/aromatic N) is 1. The molecule has 2 amide bonds. The number of aromatic nitrogens is 1. The lowest BCUT2D eigenvalue weighted by Gasteiger charge is -2.35. The van der Waals surface area contributed by atoms with Crippen LogP contribution in [-0.4, -0.2) is 52.0 Å². The van der Waals surface area contributed by atoms with Crippen molar-refractivity contribution in [3.05, 3.63) is 34.5 Å². The first-order valence-corrected chi connectivity index (χ1v) is 10.5. The van der Waals surface area contributed by atoms with E-state index in [-0.39, 0.29) is 17.9 Å². The summed E-state index contributed by atoms with van der Waals surface area (Å²) in [6.07, 6.45) is 1.24. The molecule has 0 spiro atoms. The lowest BCUT2D eigenvalue weighted by atomic mass is 9.77. The Kier molecular flexibility index (Phi) is 5.15. The summed E-state index contributed by atoms with van der Waals surface area (Å²) in [5.41, 5.74) is 5.66. The molecule has 2 heterocycles. The van der Waals surface area contributed by atoms with Crippen LogP contribution < -0.4 is 5.32 Å². The van der Waals surface area contributed by atoms with Crippen molar-refractivity contribution in [3.8, 4) is 0 Å². The number of nitrogens with one attached hydrogen (secondary N) is 2. The van der Waals surface area contributed by atoms with Crippen LogP contribution in [0.15, 0.2) is 12.1 Å². The van der Waals surface area contributed by atoms with Crippen LogP contribution >= 0.6 is 0 Å². The molecule has 0 unspecified atom stereocenters. The second-order valence-corrected chi connectivity index (χ2v) is 9.02. The normalized spacial score (nSPS) is 26.6. The quantitative estimate of drug-likeness (QED) is 0.743. The maximum absolute atomic E-state index is 13.2. The van der Waals surface area contributed by atoms with E-state index >= 15 is 0 Å². The molecule has 0 radical (unpaired) electrons. The number of hydrogen-bond acceptors (Lipinski definition) is 3. The van der Waals surface area contributed by atoms with Crippen LogP contribution in [0.3, 0.4) is 0 Å². The highest BCUT2D eigenvalue weighted by molar-refractivity contribution is 5.94. The second-order valence-electron chi connectivity index (χ2n) is 9.02. The molecule has 4 atom stereocenters. The molecule has 6 nitrogen and oxygen atoms in total. The Morgan fingerprint density at radius 3 is 2.48 bits per heavy atom. The summed E-state index contributed by atoms with van der Waals surface area (Å²) in [5.74, 6) is 0.688. The Balaban J connectivity index is 1.50. The summed E-state index contributed by atoms with van der Waals surface area (Å²) in [4.78, 5) is 30.0. The van der Waals surface area contributed by atoms with Crippen molar-refractivity contribution in [2.75, 3.05) is 13.1 Å². The zero-order valence-electron chi connectivity index (χ0n) is 17.7. The van der Waals surface area contributed by atoms with E-state index in [1.807, 2.05) is 11.8 Å². The number of fused-ring (bicyclic) bond motifs is 2. The molecule has 4 rings (SSSR count). The third-order valence-corrected chi connectivity index (χ3v) is 6.90. The lowest BCUT2D eigenvalue weighted by Crippen LogP contribution is -2.48. The number of rotatable bonds is 3. The zero-order chi connectivity index (χ0) is 20.9. The Labute approximate surface area is 171 Å². The molecule has 0 bridgehead atoms. The number of amides is 2. The number of carbonyl (C=O) groups is 2. The summed E-state index contributed by atoms with van der Waals surface area (Å²) in [5, 5.41) is 14.4. The minimum absolute atomic E-state index is 0.112. The highest BCUT2D eigenvalue weighted by atomic mass is 16.3. The Bertz CT molecular complexity index is 964. The Hall–Kier alpha value is -2.34. The molecule has 1 aromatic carbocycles. The van der Waals surface area contributed by atoms with Crippen molar-refractivity contribution in [1.29, 1.82) is 0 Å². The van der Waals surface area contributed by atoms with Gasteiger partial charge in [-0.1, -0.05) is 12.1 Å². The molecule has 3 N–H and O–H groups in total. The molecule has 2 aliphatic rings. The largest absolute Gasteiger partial charge is 0.391 e. The molecule has 156 valence electrons. The second kappa shape index (κ2) is 7.48. The molecule has 1 aliphatic carbocycles. The number of aryl methyl sites for hydroxylation is 3. The highest BCUT2D eigenvalue weighted by Gasteiger charge is 2.43. The number of aromatic amines is 1. The first-order valence-electron chi connectivity index (χ1n) is 10.5. The van der Waals surface area contributed by atoms with Gasteiger partial charge in [0.25, 0.3) is 0 Å². The molecule has 2 aromatic rings. The number of H-pyrrole nitrogens is 1. The van der Waals surface area contributed by atoms with Gasteiger partial charge in [-0.05, 0) is 62.1 Å². The van der Waals surface area contributed by atoms with Crippen molar-refractivity contribution in [2.45, 2.75) is 59.1 Å². The third-order valence-electron chi connectivity index (χ3n) is 6.90. The summed E-state index contributed by atoms with van der Waals surface area (Å²) in [7, 11) is 0. The van der Waals surface area contributed by atoms with Gasteiger partial charge in [0.2, 0.25) is 11.8 Å². The van der Waals surface area contributed by atoms with Crippen LogP contribution in [-0.2, 0) is 16.0 Å². The number of aliphatic hydroxyl groups excluding tert-OH is 1. The lowest BCUT2D eigenvalue weighted by molar-refractivity contribution is -0.129. The first kappa shape index (κ1) is 20.0. The van der Waals surface area contributed by atoms with Crippen LogP contribution in [0.2, 0.25) is 0 Å². The van der Waals surface area contributed by atoms with E-state index in [2.05, 4.69) is 36.3 Å². The fourth-order valence-electron chi connectivity index (χ4n) is 5.35. The fraction of sp³-hybridized carbons (Fsp3) is 0.565. The van der Waals surface area contributed by atoms with E-state index in [0.29, 0.717) is 37.8 Å². The highest BCUT2D eigenvalue weighted by Crippen LogP contribution is 2.37. The van der Waals surface area contributed by atoms with E-state index in [0.717, 1.165) is 23.2 Å². The van der Waals surface area contributed by atoms with Gasteiger partial charge in [-0.2, -0.15) is 0 Å². The Morgan fingerprint density at radius 1 is 1.14 bits per heavy atom. The van der Waals surface area contributed by atoms with Crippen LogP contribution in [0.5, 0.6) is 0 Å². The molecule has 1 aliphatic heterocycles. The van der Waals surface area contributed by atoms with Crippen molar-refractivity contribution in [2.24, 2.45) is 11.8 Å². The Morgan fingerprint density at radius 2 is 1.79 bits per heavy atom. The van der Waals surface area contributed by atoms with Crippen molar-refractivity contribution < 1.29 is 14.7 Å². The fourth-order valence-corrected chi connectivity index (χ4v) is 5.35. The average molecular weight is 398 g/mol. The number of likely N-dealkylation sites (tertiary alicyclic amines) is 1. The van der Waals surface area contributed by atoms with E-state index in [1.165, 1.54) is 23.4 Å². The molecule has 1 saturated carbocycles. The maximum Gasteiger partial charge on any atom is 0.227 e. The predicted molar refractivity (Wildman–Crippen MR) is 113 cm³/mol. The number of carbonyl (C=O) groups excluding carboxylic acids is 2. The van der Waals surface area contributed by atoms with E-state index in [9.17, 15) is 14.7 Å². The summed E-state index contributed by atoms with van der Waals surface area (Å²) < 4.78 is 0. The molecule has 1 saturated heterocycles. The van der Waals surface area contributed by atoms with Gasteiger partial charge in [-0.15, -0.1) is 0 Å².